The molecule has 0 aliphatic rings. The minimum Gasteiger partial charge on any atom is -0.493 e. The molecule has 13 heavy (non-hydrogen) atoms. The van der Waals surface area contributed by atoms with E-state index < -0.39 is 0 Å². The van der Waals surface area contributed by atoms with Crippen LogP contribution in [0.4, 0.5) is 0 Å². The summed E-state index contributed by atoms with van der Waals surface area (Å²) in [7, 11) is 0. The first-order chi connectivity index (χ1) is 6.12. The molecule has 0 saturated heterocycles. The van der Waals surface area contributed by atoms with E-state index in [9.17, 15) is 5.11 Å². The largest absolute Gasteiger partial charge is 0.493 e. The lowest BCUT2D eigenvalue weighted by molar-refractivity contribution is 0.404. The van der Waals surface area contributed by atoms with Crippen LogP contribution in [0.2, 0.25) is 0 Å². The van der Waals surface area contributed by atoms with Crippen LogP contribution in [-0.2, 0) is 5.41 Å². The molecule has 1 aromatic rings. The zero-order chi connectivity index (χ0) is 9.90. The first-order valence-corrected chi connectivity index (χ1v) is 4.79. The fraction of sp³-hybridized carbons (Fsp3) is 0.545. The van der Waals surface area contributed by atoms with Crippen LogP contribution in [0.3, 0.4) is 0 Å². The highest BCUT2D eigenvalue weighted by atomic mass is 16.3. The first-order valence-electron chi connectivity index (χ1n) is 4.79. The van der Waals surface area contributed by atoms with Gasteiger partial charge in [-0.1, -0.05) is 26.8 Å². The minimum absolute atomic E-state index is 0.0960. The van der Waals surface area contributed by atoms with Crippen LogP contribution >= 0.6 is 0 Å². The van der Waals surface area contributed by atoms with Gasteiger partial charge in [-0.3, -0.25) is 0 Å². The summed E-state index contributed by atoms with van der Waals surface area (Å²) >= 11 is 0. The van der Waals surface area contributed by atoms with Gasteiger partial charge in [0.05, 0.1) is 5.69 Å². The lowest BCUT2D eigenvalue weighted by Gasteiger charge is -2.25. The van der Waals surface area contributed by atoms with Crippen molar-refractivity contribution in [3.63, 3.8) is 0 Å². The number of hydrogen-bond acceptors (Lipinski definition) is 2. The van der Waals surface area contributed by atoms with E-state index in [4.69, 9.17) is 0 Å². The standard InChI is InChI=1S/C11H17NO/c1-4-11(3,5-2)9-7-6-8-10(13)12-9/h6-8H,4-5H2,1-3H3,(H,12,13). The first kappa shape index (κ1) is 10.0. The molecule has 0 aliphatic carbocycles. The number of nitrogens with zero attached hydrogens (tertiary/aromatic N) is 1. The molecule has 0 aromatic carbocycles. The van der Waals surface area contributed by atoms with E-state index in [0.717, 1.165) is 18.5 Å². The van der Waals surface area contributed by atoms with Crippen molar-refractivity contribution in [2.24, 2.45) is 0 Å². The molecule has 1 aromatic heterocycles. The van der Waals surface area contributed by atoms with Gasteiger partial charge in [-0.25, -0.2) is 4.98 Å². The summed E-state index contributed by atoms with van der Waals surface area (Å²) in [6.45, 7) is 6.47. The Morgan fingerprint density at radius 2 is 1.92 bits per heavy atom. The predicted octanol–water partition coefficient (Wildman–Crippen LogP) is 2.86. The number of rotatable bonds is 3. The molecule has 0 aliphatic heterocycles. The lowest BCUT2D eigenvalue weighted by Crippen LogP contribution is -2.20. The third-order valence-corrected chi connectivity index (χ3v) is 2.91. The number of aromatic nitrogens is 1. The molecule has 72 valence electrons. The quantitative estimate of drug-likeness (QED) is 0.774. The van der Waals surface area contributed by atoms with Crippen molar-refractivity contribution in [1.29, 1.82) is 0 Å². The molecule has 0 atom stereocenters. The Bertz CT molecular complexity index is 279. The zero-order valence-corrected chi connectivity index (χ0v) is 8.54. The van der Waals surface area contributed by atoms with Crippen molar-refractivity contribution in [3.8, 4) is 5.88 Å². The molecule has 1 rings (SSSR count). The molecule has 0 amide bonds. The van der Waals surface area contributed by atoms with Crippen LogP contribution in [-0.4, -0.2) is 10.1 Å². The summed E-state index contributed by atoms with van der Waals surface area (Å²) in [5.41, 5.74) is 1.08. The topological polar surface area (TPSA) is 33.1 Å². The van der Waals surface area contributed by atoms with E-state index in [0.29, 0.717) is 0 Å². The van der Waals surface area contributed by atoms with Gasteiger partial charge >= 0.3 is 0 Å². The summed E-state index contributed by atoms with van der Waals surface area (Å²) in [5.74, 6) is 0.116. The molecule has 0 fully saturated rings. The Balaban J connectivity index is 3.05. The van der Waals surface area contributed by atoms with Gasteiger partial charge in [0, 0.05) is 11.5 Å². The van der Waals surface area contributed by atoms with Gasteiger partial charge in [0.15, 0.2) is 0 Å². The molecular formula is C11H17NO. The molecule has 2 heteroatoms. The maximum absolute atomic E-state index is 9.26. The molecule has 1 heterocycles. The molecule has 2 nitrogen and oxygen atoms in total. The van der Waals surface area contributed by atoms with Crippen LogP contribution in [0, 0.1) is 0 Å². The van der Waals surface area contributed by atoms with Crippen molar-refractivity contribution in [3.05, 3.63) is 23.9 Å². The van der Waals surface area contributed by atoms with E-state index >= 15 is 0 Å². The van der Waals surface area contributed by atoms with Gasteiger partial charge in [0.2, 0.25) is 5.88 Å². The monoisotopic (exact) mass is 179 g/mol. The van der Waals surface area contributed by atoms with Gasteiger partial charge in [0.1, 0.15) is 0 Å². The second kappa shape index (κ2) is 3.77. The average Bonchev–Trinajstić information content (AvgIpc) is 2.17. The van der Waals surface area contributed by atoms with Gasteiger partial charge < -0.3 is 5.11 Å². The summed E-state index contributed by atoms with van der Waals surface area (Å²) < 4.78 is 0. The second-order valence-electron chi connectivity index (χ2n) is 3.65. The molecule has 0 bridgehead atoms. The summed E-state index contributed by atoms with van der Waals surface area (Å²) in [4.78, 5) is 4.14. The zero-order valence-electron chi connectivity index (χ0n) is 8.54. The van der Waals surface area contributed by atoms with E-state index in [1.165, 1.54) is 0 Å². The average molecular weight is 179 g/mol. The van der Waals surface area contributed by atoms with Crippen molar-refractivity contribution in [2.75, 3.05) is 0 Å². The van der Waals surface area contributed by atoms with E-state index in [-0.39, 0.29) is 11.3 Å². The van der Waals surface area contributed by atoms with E-state index in [1.54, 1.807) is 6.07 Å². The van der Waals surface area contributed by atoms with Gasteiger partial charge in [-0.05, 0) is 18.9 Å². The molecule has 0 unspecified atom stereocenters. The molecule has 0 radical (unpaired) electrons. The smallest absolute Gasteiger partial charge is 0.210 e. The van der Waals surface area contributed by atoms with E-state index in [1.807, 2.05) is 12.1 Å². The molecule has 0 saturated carbocycles. The second-order valence-corrected chi connectivity index (χ2v) is 3.65. The molecule has 0 spiro atoms. The number of pyridine rings is 1. The maximum atomic E-state index is 9.26. The number of hydrogen-bond donors (Lipinski definition) is 1. The highest BCUT2D eigenvalue weighted by Gasteiger charge is 2.23. The highest BCUT2D eigenvalue weighted by molar-refractivity contribution is 5.21. The van der Waals surface area contributed by atoms with Gasteiger partial charge in [-0.2, -0.15) is 0 Å². The Morgan fingerprint density at radius 3 is 2.38 bits per heavy atom. The van der Waals surface area contributed by atoms with Crippen LogP contribution in [0.25, 0.3) is 0 Å². The molecular weight excluding hydrogens is 162 g/mol. The Kier molecular flexibility index (Phi) is 2.91. The van der Waals surface area contributed by atoms with Gasteiger partial charge in [0.25, 0.3) is 0 Å². The summed E-state index contributed by atoms with van der Waals surface area (Å²) in [5, 5.41) is 9.26. The summed E-state index contributed by atoms with van der Waals surface area (Å²) in [6, 6.07) is 5.43. The Morgan fingerprint density at radius 1 is 1.31 bits per heavy atom. The third kappa shape index (κ3) is 2.00. The number of aromatic hydroxyl groups is 1. The van der Waals surface area contributed by atoms with Crippen molar-refractivity contribution in [1.82, 2.24) is 4.98 Å². The van der Waals surface area contributed by atoms with E-state index in [2.05, 4.69) is 25.8 Å². The van der Waals surface area contributed by atoms with Gasteiger partial charge in [-0.15, -0.1) is 0 Å². The highest BCUT2D eigenvalue weighted by Crippen LogP contribution is 2.29. The molecule has 1 N–H and O–H groups in total. The third-order valence-electron chi connectivity index (χ3n) is 2.91. The normalized spacial score (nSPS) is 11.6. The van der Waals surface area contributed by atoms with Crippen LogP contribution in [0.5, 0.6) is 5.88 Å². The maximum Gasteiger partial charge on any atom is 0.210 e. The Labute approximate surface area is 79.6 Å². The van der Waals surface area contributed by atoms with Crippen LogP contribution < -0.4 is 0 Å². The minimum atomic E-state index is 0.0960. The SMILES string of the molecule is CCC(C)(CC)c1cccc(O)n1. The van der Waals surface area contributed by atoms with Crippen molar-refractivity contribution < 1.29 is 5.11 Å². The van der Waals surface area contributed by atoms with Crippen LogP contribution in [0.1, 0.15) is 39.3 Å². The fourth-order valence-corrected chi connectivity index (χ4v) is 1.37. The Hall–Kier alpha value is -1.05. The fourth-order valence-electron chi connectivity index (χ4n) is 1.37. The summed E-state index contributed by atoms with van der Waals surface area (Å²) in [6.07, 6.45) is 2.08. The van der Waals surface area contributed by atoms with Crippen molar-refractivity contribution in [2.45, 2.75) is 39.0 Å². The lowest BCUT2D eigenvalue weighted by atomic mass is 9.81. The van der Waals surface area contributed by atoms with Crippen molar-refractivity contribution >= 4 is 0 Å². The predicted molar refractivity (Wildman–Crippen MR) is 53.8 cm³/mol. The van der Waals surface area contributed by atoms with Crippen LogP contribution in [0.15, 0.2) is 18.2 Å².